The van der Waals surface area contributed by atoms with Gasteiger partial charge in [-0.25, -0.2) is 4.98 Å². The van der Waals surface area contributed by atoms with Gasteiger partial charge >= 0.3 is 0 Å². The summed E-state index contributed by atoms with van der Waals surface area (Å²) in [5.41, 5.74) is 1.46. The molecule has 1 aromatic heterocycles. The van der Waals surface area contributed by atoms with Gasteiger partial charge in [0.15, 0.2) is 0 Å². The van der Waals surface area contributed by atoms with Gasteiger partial charge < -0.3 is 10.2 Å². The van der Waals surface area contributed by atoms with Crippen LogP contribution < -0.4 is 5.32 Å². The molecule has 1 rings (SSSR count). The standard InChI is InChI=1S/C13H25N3S/c1-10-11(2)17-12(15-10)7-14-8-13(3,4)9-16(5)6/h14H,7-9H2,1-6H3. The Kier molecular flexibility index (Phi) is 5.10. The van der Waals surface area contributed by atoms with Gasteiger partial charge in [-0.3, -0.25) is 0 Å². The molecule has 0 radical (unpaired) electrons. The fraction of sp³-hybridized carbons (Fsp3) is 0.769. The number of aryl methyl sites for hydroxylation is 2. The summed E-state index contributed by atoms with van der Waals surface area (Å²) in [6.45, 7) is 11.8. The Morgan fingerprint density at radius 3 is 2.41 bits per heavy atom. The van der Waals surface area contributed by atoms with E-state index in [4.69, 9.17) is 0 Å². The summed E-state index contributed by atoms with van der Waals surface area (Å²) >= 11 is 1.79. The maximum absolute atomic E-state index is 4.54. The van der Waals surface area contributed by atoms with E-state index in [0.29, 0.717) is 5.41 Å². The molecule has 0 aliphatic heterocycles. The highest BCUT2D eigenvalue weighted by Crippen LogP contribution is 2.17. The Balaban J connectivity index is 2.37. The summed E-state index contributed by atoms with van der Waals surface area (Å²) in [6.07, 6.45) is 0. The summed E-state index contributed by atoms with van der Waals surface area (Å²) in [6, 6.07) is 0. The molecule has 0 saturated carbocycles. The first-order valence-corrected chi connectivity index (χ1v) is 6.90. The van der Waals surface area contributed by atoms with Gasteiger partial charge in [-0.15, -0.1) is 11.3 Å². The molecule has 98 valence electrons. The molecule has 1 aromatic rings. The number of hydrogen-bond acceptors (Lipinski definition) is 4. The van der Waals surface area contributed by atoms with E-state index in [0.717, 1.165) is 19.6 Å². The first-order chi connectivity index (χ1) is 7.80. The molecule has 0 amide bonds. The van der Waals surface area contributed by atoms with E-state index in [2.05, 4.69) is 57.0 Å². The lowest BCUT2D eigenvalue weighted by atomic mass is 9.93. The van der Waals surface area contributed by atoms with E-state index in [1.54, 1.807) is 11.3 Å². The molecule has 0 aliphatic rings. The van der Waals surface area contributed by atoms with Crippen molar-refractivity contribution < 1.29 is 0 Å². The normalized spacial score (nSPS) is 12.4. The van der Waals surface area contributed by atoms with Crippen LogP contribution in [0.1, 0.15) is 29.4 Å². The molecular formula is C13H25N3S. The van der Waals surface area contributed by atoms with Crippen LogP contribution in [0.5, 0.6) is 0 Å². The Morgan fingerprint density at radius 1 is 1.29 bits per heavy atom. The van der Waals surface area contributed by atoms with Crippen molar-refractivity contribution in [3.8, 4) is 0 Å². The molecular weight excluding hydrogens is 230 g/mol. The predicted molar refractivity (Wildman–Crippen MR) is 75.6 cm³/mol. The fourth-order valence-electron chi connectivity index (χ4n) is 2.03. The predicted octanol–water partition coefficient (Wildman–Crippen LogP) is 2.44. The van der Waals surface area contributed by atoms with E-state index in [1.165, 1.54) is 15.6 Å². The lowest BCUT2D eigenvalue weighted by Crippen LogP contribution is -2.37. The molecule has 0 unspecified atom stereocenters. The number of thiazole rings is 1. The van der Waals surface area contributed by atoms with E-state index >= 15 is 0 Å². The van der Waals surface area contributed by atoms with Crippen LogP contribution in [-0.4, -0.2) is 37.1 Å². The minimum absolute atomic E-state index is 0.296. The van der Waals surface area contributed by atoms with Crippen molar-refractivity contribution in [2.75, 3.05) is 27.2 Å². The molecule has 4 heteroatoms. The fourth-order valence-corrected chi connectivity index (χ4v) is 2.94. The van der Waals surface area contributed by atoms with Gasteiger partial charge in [0.05, 0.1) is 5.69 Å². The van der Waals surface area contributed by atoms with E-state index < -0.39 is 0 Å². The summed E-state index contributed by atoms with van der Waals surface area (Å²) in [5, 5.41) is 4.70. The van der Waals surface area contributed by atoms with Gasteiger partial charge in [-0.1, -0.05) is 13.8 Å². The monoisotopic (exact) mass is 255 g/mol. The van der Waals surface area contributed by atoms with Gasteiger partial charge in [-0.2, -0.15) is 0 Å². The molecule has 17 heavy (non-hydrogen) atoms. The van der Waals surface area contributed by atoms with Crippen molar-refractivity contribution in [1.82, 2.24) is 15.2 Å². The zero-order valence-corrected chi connectivity index (χ0v) is 12.7. The third-order valence-corrected chi connectivity index (χ3v) is 3.77. The molecule has 0 fully saturated rings. The largest absolute Gasteiger partial charge is 0.310 e. The molecule has 0 bridgehead atoms. The van der Waals surface area contributed by atoms with Gasteiger partial charge in [0.2, 0.25) is 0 Å². The van der Waals surface area contributed by atoms with Crippen LogP contribution in [0.15, 0.2) is 0 Å². The van der Waals surface area contributed by atoms with Crippen LogP contribution in [0.25, 0.3) is 0 Å². The van der Waals surface area contributed by atoms with Gasteiger partial charge in [0.25, 0.3) is 0 Å². The molecule has 3 nitrogen and oxygen atoms in total. The second kappa shape index (κ2) is 5.94. The van der Waals surface area contributed by atoms with Crippen LogP contribution in [0.3, 0.4) is 0 Å². The van der Waals surface area contributed by atoms with E-state index in [9.17, 15) is 0 Å². The Labute approximate surface area is 109 Å². The third-order valence-electron chi connectivity index (χ3n) is 2.70. The van der Waals surface area contributed by atoms with Crippen LogP contribution in [0.4, 0.5) is 0 Å². The molecule has 1 heterocycles. The summed E-state index contributed by atoms with van der Waals surface area (Å²) in [4.78, 5) is 8.10. The summed E-state index contributed by atoms with van der Waals surface area (Å²) in [7, 11) is 4.24. The van der Waals surface area contributed by atoms with Crippen molar-refractivity contribution in [2.45, 2.75) is 34.2 Å². The number of nitrogens with zero attached hydrogens (tertiary/aromatic N) is 2. The molecule has 0 atom stereocenters. The van der Waals surface area contributed by atoms with Crippen LogP contribution in [0.2, 0.25) is 0 Å². The highest BCUT2D eigenvalue weighted by molar-refractivity contribution is 7.11. The average molecular weight is 255 g/mol. The van der Waals surface area contributed by atoms with Gasteiger partial charge in [-0.05, 0) is 33.4 Å². The van der Waals surface area contributed by atoms with Gasteiger partial charge in [0.1, 0.15) is 5.01 Å². The Morgan fingerprint density at radius 2 is 1.94 bits per heavy atom. The van der Waals surface area contributed by atoms with Crippen LogP contribution in [-0.2, 0) is 6.54 Å². The zero-order chi connectivity index (χ0) is 13.1. The van der Waals surface area contributed by atoms with Crippen molar-refractivity contribution in [1.29, 1.82) is 0 Å². The first kappa shape index (κ1) is 14.6. The smallest absolute Gasteiger partial charge is 0.107 e. The van der Waals surface area contributed by atoms with Crippen LogP contribution >= 0.6 is 11.3 Å². The van der Waals surface area contributed by atoms with Crippen molar-refractivity contribution in [3.05, 3.63) is 15.6 Å². The van der Waals surface area contributed by atoms with E-state index in [1.807, 2.05) is 0 Å². The van der Waals surface area contributed by atoms with Gasteiger partial charge in [0, 0.05) is 24.5 Å². The van der Waals surface area contributed by atoms with Crippen molar-refractivity contribution in [3.63, 3.8) is 0 Å². The second-order valence-corrected chi connectivity index (χ2v) is 7.04. The number of nitrogens with one attached hydrogen (secondary N) is 1. The molecule has 0 saturated heterocycles. The lowest BCUT2D eigenvalue weighted by molar-refractivity contribution is 0.232. The van der Waals surface area contributed by atoms with Crippen molar-refractivity contribution in [2.24, 2.45) is 5.41 Å². The molecule has 0 spiro atoms. The van der Waals surface area contributed by atoms with E-state index in [-0.39, 0.29) is 0 Å². The highest BCUT2D eigenvalue weighted by atomic mass is 32.1. The minimum Gasteiger partial charge on any atom is -0.310 e. The number of hydrogen-bond donors (Lipinski definition) is 1. The second-order valence-electron chi connectivity index (χ2n) is 5.75. The topological polar surface area (TPSA) is 28.2 Å². The molecule has 0 aromatic carbocycles. The maximum atomic E-state index is 4.54. The highest BCUT2D eigenvalue weighted by Gasteiger charge is 2.18. The Bertz CT molecular complexity index is 336. The Hall–Kier alpha value is -0.450. The van der Waals surface area contributed by atoms with Crippen molar-refractivity contribution >= 4 is 11.3 Å². The van der Waals surface area contributed by atoms with Crippen LogP contribution in [0, 0.1) is 19.3 Å². The number of rotatable bonds is 6. The third kappa shape index (κ3) is 5.15. The quantitative estimate of drug-likeness (QED) is 0.846. The molecule has 0 aliphatic carbocycles. The number of aromatic nitrogens is 1. The summed E-state index contributed by atoms with van der Waals surface area (Å²) in [5.74, 6) is 0. The minimum atomic E-state index is 0.296. The zero-order valence-electron chi connectivity index (χ0n) is 11.9. The maximum Gasteiger partial charge on any atom is 0.107 e. The lowest BCUT2D eigenvalue weighted by Gasteiger charge is -2.28. The first-order valence-electron chi connectivity index (χ1n) is 6.08. The average Bonchev–Trinajstić information content (AvgIpc) is 2.43. The summed E-state index contributed by atoms with van der Waals surface area (Å²) < 4.78 is 0. The molecule has 1 N–H and O–H groups in total. The SMILES string of the molecule is Cc1nc(CNCC(C)(C)CN(C)C)sc1C.